The topological polar surface area (TPSA) is 29.1 Å². The van der Waals surface area contributed by atoms with E-state index in [0.717, 1.165) is 6.42 Å². The van der Waals surface area contributed by atoms with Gasteiger partial charge in [-0.1, -0.05) is 13.0 Å². The molecule has 0 saturated heterocycles. The molecule has 1 aromatic rings. The third-order valence-electron chi connectivity index (χ3n) is 1.94. The summed E-state index contributed by atoms with van der Waals surface area (Å²) in [5, 5.41) is 2.92. The van der Waals surface area contributed by atoms with Crippen LogP contribution in [0, 0.1) is 5.82 Å². The minimum Gasteiger partial charge on any atom is -0.382 e. The Morgan fingerprint density at radius 3 is 2.79 bits per heavy atom. The van der Waals surface area contributed by atoms with Gasteiger partial charge in [0.05, 0.1) is 5.69 Å². The number of carbonyl (C=O) groups is 1. The summed E-state index contributed by atoms with van der Waals surface area (Å²) in [4.78, 5) is 11.2. The van der Waals surface area contributed by atoms with Gasteiger partial charge in [0.15, 0.2) is 5.78 Å². The minimum absolute atomic E-state index is 0.122. The van der Waals surface area contributed by atoms with Crippen molar-refractivity contribution in [1.82, 2.24) is 0 Å². The number of hydrogen-bond donors (Lipinski definition) is 1. The molecule has 0 radical (unpaired) electrons. The van der Waals surface area contributed by atoms with Crippen molar-refractivity contribution in [3.63, 3.8) is 0 Å². The van der Waals surface area contributed by atoms with E-state index < -0.39 is 0 Å². The molecule has 0 aliphatic carbocycles. The van der Waals surface area contributed by atoms with E-state index in [-0.39, 0.29) is 11.6 Å². The number of rotatable bonds is 4. The molecule has 0 aliphatic rings. The molecule has 0 amide bonds. The standard InChI is InChI=1S/C11H14FNO/c1-3-7-13-11-9(8(2)14)5-4-6-10(11)12/h4-6,13H,3,7H2,1-2H3. The van der Waals surface area contributed by atoms with E-state index in [4.69, 9.17) is 0 Å². The summed E-state index contributed by atoms with van der Waals surface area (Å²) >= 11 is 0. The maximum absolute atomic E-state index is 13.3. The highest BCUT2D eigenvalue weighted by molar-refractivity contribution is 5.99. The maximum Gasteiger partial charge on any atom is 0.161 e. The summed E-state index contributed by atoms with van der Waals surface area (Å²) in [7, 11) is 0. The molecule has 0 unspecified atom stereocenters. The lowest BCUT2D eigenvalue weighted by Gasteiger charge is -2.09. The van der Waals surface area contributed by atoms with Crippen LogP contribution in [0.15, 0.2) is 18.2 Å². The van der Waals surface area contributed by atoms with Gasteiger partial charge in [-0.25, -0.2) is 4.39 Å². The van der Waals surface area contributed by atoms with E-state index in [9.17, 15) is 9.18 Å². The molecule has 0 spiro atoms. The highest BCUT2D eigenvalue weighted by atomic mass is 19.1. The number of benzene rings is 1. The van der Waals surface area contributed by atoms with Gasteiger partial charge in [0.1, 0.15) is 5.82 Å². The highest BCUT2D eigenvalue weighted by Crippen LogP contribution is 2.20. The zero-order chi connectivity index (χ0) is 10.6. The molecule has 1 aromatic carbocycles. The minimum atomic E-state index is -0.369. The van der Waals surface area contributed by atoms with Crippen molar-refractivity contribution in [2.45, 2.75) is 20.3 Å². The molecule has 1 rings (SSSR count). The Balaban J connectivity index is 3.02. The fraction of sp³-hybridized carbons (Fsp3) is 0.364. The SMILES string of the molecule is CCCNc1c(F)cccc1C(C)=O. The summed E-state index contributed by atoms with van der Waals surface area (Å²) in [5.41, 5.74) is 0.736. The van der Waals surface area contributed by atoms with E-state index in [2.05, 4.69) is 5.32 Å². The average Bonchev–Trinajstić information content (AvgIpc) is 2.15. The monoisotopic (exact) mass is 195 g/mol. The van der Waals surface area contributed by atoms with E-state index in [1.165, 1.54) is 13.0 Å². The Morgan fingerprint density at radius 1 is 1.50 bits per heavy atom. The van der Waals surface area contributed by atoms with Crippen molar-refractivity contribution in [2.24, 2.45) is 0 Å². The van der Waals surface area contributed by atoms with Gasteiger partial charge in [0.25, 0.3) is 0 Å². The van der Waals surface area contributed by atoms with Crippen molar-refractivity contribution in [3.8, 4) is 0 Å². The largest absolute Gasteiger partial charge is 0.382 e. The molecule has 14 heavy (non-hydrogen) atoms. The molecule has 0 aromatic heterocycles. The first-order chi connectivity index (χ1) is 6.66. The van der Waals surface area contributed by atoms with Crippen LogP contribution in [0.25, 0.3) is 0 Å². The second-order valence-corrected chi connectivity index (χ2v) is 3.15. The van der Waals surface area contributed by atoms with Crippen LogP contribution in [0.3, 0.4) is 0 Å². The number of Topliss-reactive ketones (excluding diaryl/α,β-unsaturated/α-hetero) is 1. The first-order valence-electron chi connectivity index (χ1n) is 4.70. The lowest BCUT2D eigenvalue weighted by molar-refractivity contribution is 0.101. The molecule has 0 aliphatic heterocycles. The molecule has 0 fully saturated rings. The zero-order valence-electron chi connectivity index (χ0n) is 8.43. The van der Waals surface area contributed by atoms with Gasteiger partial charge in [-0.05, 0) is 25.5 Å². The second kappa shape index (κ2) is 4.74. The zero-order valence-corrected chi connectivity index (χ0v) is 8.43. The van der Waals surface area contributed by atoms with E-state index in [1.54, 1.807) is 12.1 Å². The van der Waals surface area contributed by atoms with Crippen molar-refractivity contribution in [1.29, 1.82) is 0 Å². The van der Waals surface area contributed by atoms with Gasteiger partial charge in [-0.3, -0.25) is 4.79 Å². The normalized spacial score (nSPS) is 9.93. The van der Waals surface area contributed by atoms with Crippen molar-refractivity contribution in [3.05, 3.63) is 29.6 Å². The molecule has 76 valence electrons. The van der Waals surface area contributed by atoms with Crippen molar-refractivity contribution < 1.29 is 9.18 Å². The first-order valence-corrected chi connectivity index (χ1v) is 4.70. The predicted molar refractivity (Wildman–Crippen MR) is 55.2 cm³/mol. The van der Waals surface area contributed by atoms with E-state index >= 15 is 0 Å². The van der Waals surface area contributed by atoms with Gasteiger partial charge in [0.2, 0.25) is 0 Å². The summed E-state index contributed by atoms with van der Waals surface area (Å²) in [6, 6.07) is 4.52. The maximum atomic E-state index is 13.3. The Hall–Kier alpha value is -1.38. The van der Waals surface area contributed by atoms with Gasteiger partial charge >= 0.3 is 0 Å². The number of ketones is 1. The van der Waals surface area contributed by atoms with E-state index in [1.807, 2.05) is 6.92 Å². The number of carbonyl (C=O) groups excluding carboxylic acids is 1. The average molecular weight is 195 g/mol. The Morgan fingerprint density at radius 2 is 2.21 bits per heavy atom. The lowest BCUT2D eigenvalue weighted by Crippen LogP contribution is -2.07. The summed E-state index contributed by atoms with van der Waals surface area (Å²) < 4.78 is 13.3. The molecule has 0 heterocycles. The molecular formula is C11H14FNO. The van der Waals surface area contributed by atoms with Crippen LogP contribution < -0.4 is 5.32 Å². The van der Waals surface area contributed by atoms with Crippen molar-refractivity contribution in [2.75, 3.05) is 11.9 Å². The Labute approximate surface area is 83.1 Å². The van der Waals surface area contributed by atoms with Gasteiger partial charge in [0, 0.05) is 12.1 Å². The number of hydrogen-bond acceptors (Lipinski definition) is 2. The number of halogens is 1. The van der Waals surface area contributed by atoms with Crippen LogP contribution in [0.4, 0.5) is 10.1 Å². The first kappa shape index (κ1) is 10.7. The van der Waals surface area contributed by atoms with Gasteiger partial charge < -0.3 is 5.32 Å². The van der Waals surface area contributed by atoms with Crippen LogP contribution in [-0.2, 0) is 0 Å². The predicted octanol–water partition coefficient (Wildman–Crippen LogP) is 2.85. The van der Waals surface area contributed by atoms with Crippen LogP contribution in [0.5, 0.6) is 0 Å². The van der Waals surface area contributed by atoms with Crippen LogP contribution in [-0.4, -0.2) is 12.3 Å². The molecule has 0 saturated carbocycles. The molecule has 3 heteroatoms. The summed E-state index contributed by atoms with van der Waals surface area (Å²) in [5.74, 6) is -0.491. The molecule has 1 N–H and O–H groups in total. The van der Waals surface area contributed by atoms with E-state index in [0.29, 0.717) is 17.8 Å². The quantitative estimate of drug-likeness (QED) is 0.748. The third kappa shape index (κ3) is 2.31. The molecular weight excluding hydrogens is 181 g/mol. The fourth-order valence-corrected chi connectivity index (χ4v) is 1.25. The van der Waals surface area contributed by atoms with Crippen LogP contribution >= 0.6 is 0 Å². The van der Waals surface area contributed by atoms with Gasteiger partial charge in [-0.2, -0.15) is 0 Å². The second-order valence-electron chi connectivity index (χ2n) is 3.15. The molecule has 0 bridgehead atoms. The smallest absolute Gasteiger partial charge is 0.161 e. The molecule has 2 nitrogen and oxygen atoms in total. The third-order valence-corrected chi connectivity index (χ3v) is 1.94. The number of anilines is 1. The summed E-state index contributed by atoms with van der Waals surface area (Å²) in [6.45, 7) is 4.09. The highest BCUT2D eigenvalue weighted by Gasteiger charge is 2.10. The van der Waals surface area contributed by atoms with Crippen molar-refractivity contribution >= 4 is 11.5 Å². The fourth-order valence-electron chi connectivity index (χ4n) is 1.25. The Bertz CT molecular complexity index is 336. The lowest BCUT2D eigenvalue weighted by atomic mass is 10.1. The summed E-state index contributed by atoms with van der Waals surface area (Å²) in [6.07, 6.45) is 0.895. The molecule has 0 atom stereocenters. The number of para-hydroxylation sites is 1. The Kier molecular flexibility index (Phi) is 3.63. The number of nitrogens with one attached hydrogen (secondary N) is 1. The van der Waals surface area contributed by atoms with Crippen LogP contribution in [0.1, 0.15) is 30.6 Å². The van der Waals surface area contributed by atoms with Gasteiger partial charge in [-0.15, -0.1) is 0 Å². The van der Waals surface area contributed by atoms with Crippen LogP contribution in [0.2, 0.25) is 0 Å².